The summed E-state index contributed by atoms with van der Waals surface area (Å²) in [6, 6.07) is 6.82. The van der Waals surface area contributed by atoms with Gasteiger partial charge in [-0.15, -0.1) is 6.42 Å². The molecule has 1 aliphatic heterocycles. The first-order valence-electron chi connectivity index (χ1n) is 3.79. The van der Waals surface area contributed by atoms with Crippen LogP contribution in [0.2, 0.25) is 0 Å². The van der Waals surface area contributed by atoms with Crippen molar-refractivity contribution in [2.75, 3.05) is 5.32 Å². The Morgan fingerprint density at radius 3 is 2.85 bits per heavy atom. The minimum absolute atomic E-state index is 0.447. The van der Waals surface area contributed by atoms with E-state index in [9.17, 15) is 9.90 Å². The van der Waals surface area contributed by atoms with Crippen LogP contribution in [0, 0.1) is 12.3 Å². The number of anilines is 1. The van der Waals surface area contributed by atoms with Crippen LogP contribution in [0.15, 0.2) is 24.3 Å². The number of fused-ring (bicyclic) bond motifs is 1. The second-order valence-corrected chi connectivity index (χ2v) is 2.85. The van der Waals surface area contributed by atoms with Gasteiger partial charge in [-0.2, -0.15) is 0 Å². The molecule has 2 N–H and O–H groups in total. The zero-order chi connectivity index (χ0) is 9.47. The molecule has 0 bridgehead atoms. The third-order valence-electron chi connectivity index (χ3n) is 2.10. The van der Waals surface area contributed by atoms with Crippen molar-refractivity contribution in [3.63, 3.8) is 0 Å². The number of terminal acetylenes is 1. The van der Waals surface area contributed by atoms with E-state index in [1.807, 2.05) is 0 Å². The van der Waals surface area contributed by atoms with Crippen molar-refractivity contribution in [1.82, 2.24) is 0 Å². The van der Waals surface area contributed by atoms with Crippen molar-refractivity contribution in [3.8, 4) is 12.3 Å². The summed E-state index contributed by atoms with van der Waals surface area (Å²) in [7, 11) is 0. The number of nitrogens with one attached hydrogen (secondary N) is 1. The highest BCUT2D eigenvalue weighted by atomic mass is 16.3. The molecule has 13 heavy (non-hydrogen) atoms. The topological polar surface area (TPSA) is 49.3 Å². The van der Waals surface area contributed by atoms with Gasteiger partial charge in [0.05, 0.1) is 0 Å². The molecule has 1 heterocycles. The lowest BCUT2D eigenvalue weighted by atomic mass is 9.97. The number of hydrogen-bond acceptors (Lipinski definition) is 2. The molecule has 64 valence electrons. The number of carbonyl (C=O) groups excluding carboxylic acids is 1. The van der Waals surface area contributed by atoms with Gasteiger partial charge in [0.1, 0.15) is 0 Å². The summed E-state index contributed by atoms with van der Waals surface area (Å²) >= 11 is 0. The maximum Gasteiger partial charge on any atom is 0.274 e. The number of para-hydroxylation sites is 1. The first kappa shape index (κ1) is 7.84. The van der Waals surface area contributed by atoms with Gasteiger partial charge >= 0.3 is 0 Å². The fraction of sp³-hybridized carbons (Fsp3) is 0.100. The summed E-state index contributed by atoms with van der Waals surface area (Å²) in [6.07, 6.45) is 5.11. The molecular formula is C10H7NO2. The monoisotopic (exact) mass is 173 g/mol. The van der Waals surface area contributed by atoms with E-state index in [1.54, 1.807) is 24.3 Å². The van der Waals surface area contributed by atoms with Gasteiger partial charge in [-0.25, -0.2) is 0 Å². The maximum atomic E-state index is 11.3. The normalized spacial score (nSPS) is 24.8. The Balaban J connectivity index is 2.67. The zero-order valence-electron chi connectivity index (χ0n) is 6.74. The predicted molar refractivity (Wildman–Crippen MR) is 47.8 cm³/mol. The van der Waals surface area contributed by atoms with Crippen molar-refractivity contribution >= 4 is 11.6 Å². The van der Waals surface area contributed by atoms with Crippen LogP contribution >= 0.6 is 0 Å². The summed E-state index contributed by atoms with van der Waals surface area (Å²) in [6.45, 7) is 0. The zero-order valence-corrected chi connectivity index (χ0v) is 6.74. The molecule has 1 amide bonds. The van der Waals surface area contributed by atoms with Crippen LogP contribution in [0.4, 0.5) is 5.69 Å². The van der Waals surface area contributed by atoms with Gasteiger partial charge < -0.3 is 10.4 Å². The largest absolute Gasteiger partial charge is 0.366 e. The predicted octanol–water partition coefficient (Wildman–Crippen LogP) is 0.460. The van der Waals surface area contributed by atoms with Crippen LogP contribution < -0.4 is 5.32 Å². The third kappa shape index (κ3) is 0.865. The van der Waals surface area contributed by atoms with Gasteiger partial charge in [-0.3, -0.25) is 4.79 Å². The molecule has 0 saturated heterocycles. The first-order chi connectivity index (χ1) is 6.18. The van der Waals surface area contributed by atoms with Gasteiger partial charge in [-0.1, -0.05) is 24.1 Å². The fourth-order valence-electron chi connectivity index (χ4n) is 1.39. The summed E-state index contributed by atoms with van der Waals surface area (Å²) in [5.74, 6) is 1.53. The molecule has 1 aliphatic rings. The van der Waals surface area contributed by atoms with E-state index in [-0.39, 0.29) is 0 Å². The SMILES string of the molecule is C#C[C@]1(O)C(=O)Nc2ccccc21. The van der Waals surface area contributed by atoms with E-state index in [1.165, 1.54) is 0 Å². The molecule has 0 radical (unpaired) electrons. The molecule has 3 heteroatoms. The standard InChI is InChI=1S/C10H7NO2/c1-2-10(13)7-5-3-4-6-8(7)11-9(10)12/h1,3-6,13H,(H,11,12)/t10-/m1/s1. The summed E-state index contributed by atoms with van der Waals surface area (Å²) in [5, 5.41) is 12.3. The number of rotatable bonds is 0. The second kappa shape index (κ2) is 2.35. The van der Waals surface area contributed by atoms with Crippen molar-refractivity contribution in [3.05, 3.63) is 29.8 Å². The van der Waals surface area contributed by atoms with Gasteiger partial charge in [0.2, 0.25) is 5.60 Å². The second-order valence-electron chi connectivity index (χ2n) is 2.85. The Hall–Kier alpha value is -1.79. The lowest BCUT2D eigenvalue weighted by Gasteiger charge is -2.11. The number of hydrogen-bond donors (Lipinski definition) is 2. The van der Waals surface area contributed by atoms with Crippen molar-refractivity contribution in [1.29, 1.82) is 0 Å². The van der Waals surface area contributed by atoms with E-state index in [0.717, 1.165) is 0 Å². The minimum Gasteiger partial charge on any atom is -0.366 e. The minimum atomic E-state index is -1.80. The molecule has 1 aromatic carbocycles. The smallest absolute Gasteiger partial charge is 0.274 e. The van der Waals surface area contributed by atoms with Crippen molar-refractivity contribution in [2.24, 2.45) is 0 Å². The molecule has 1 atom stereocenters. The highest BCUT2D eigenvalue weighted by Gasteiger charge is 2.43. The molecule has 2 rings (SSSR count). The van der Waals surface area contributed by atoms with Gasteiger partial charge in [-0.05, 0) is 6.07 Å². The van der Waals surface area contributed by atoms with Crippen LogP contribution in [0.1, 0.15) is 5.56 Å². The van der Waals surface area contributed by atoms with E-state index in [2.05, 4.69) is 11.2 Å². The molecule has 0 aromatic heterocycles. The number of amides is 1. The van der Waals surface area contributed by atoms with E-state index in [0.29, 0.717) is 11.3 Å². The maximum absolute atomic E-state index is 11.3. The van der Waals surface area contributed by atoms with Crippen LogP contribution in [0.3, 0.4) is 0 Å². The molecule has 0 spiro atoms. The average molecular weight is 173 g/mol. The molecule has 0 fully saturated rings. The van der Waals surface area contributed by atoms with Crippen LogP contribution in [-0.2, 0) is 10.4 Å². The quantitative estimate of drug-likeness (QED) is 0.560. The molecule has 0 unspecified atom stereocenters. The summed E-state index contributed by atoms with van der Waals surface area (Å²) < 4.78 is 0. The summed E-state index contributed by atoms with van der Waals surface area (Å²) in [5.41, 5.74) is -0.771. The van der Waals surface area contributed by atoms with Gasteiger partial charge in [0.25, 0.3) is 5.91 Å². The number of carbonyl (C=O) groups is 1. The van der Waals surface area contributed by atoms with E-state index in [4.69, 9.17) is 6.42 Å². The highest BCUT2D eigenvalue weighted by Crippen LogP contribution is 2.34. The first-order valence-corrected chi connectivity index (χ1v) is 3.79. The lowest BCUT2D eigenvalue weighted by Crippen LogP contribution is -2.32. The highest BCUT2D eigenvalue weighted by molar-refractivity contribution is 6.07. The van der Waals surface area contributed by atoms with Crippen LogP contribution in [0.25, 0.3) is 0 Å². The van der Waals surface area contributed by atoms with E-state index < -0.39 is 11.5 Å². The Kier molecular flexibility index (Phi) is 1.42. The molecule has 3 nitrogen and oxygen atoms in total. The van der Waals surface area contributed by atoms with Gasteiger partial charge in [0, 0.05) is 11.3 Å². The number of aliphatic hydroxyl groups is 1. The van der Waals surface area contributed by atoms with Crippen LogP contribution in [-0.4, -0.2) is 11.0 Å². The lowest BCUT2D eigenvalue weighted by molar-refractivity contribution is -0.128. The molecule has 0 saturated carbocycles. The number of benzene rings is 1. The van der Waals surface area contributed by atoms with E-state index >= 15 is 0 Å². The average Bonchev–Trinajstić information content (AvgIpc) is 2.41. The Labute approximate surface area is 75.4 Å². The Bertz CT molecular complexity index is 419. The van der Waals surface area contributed by atoms with Gasteiger partial charge in [0.15, 0.2) is 0 Å². The summed E-state index contributed by atoms with van der Waals surface area (Å²) in [4.78, 5) is 11.3. The van der Waals surface area contributed by atoms with Crippen molar-refractivity contribution in [2.45, 2.75) is 5.60 Å². The Morgan fingerprint density at radius 1 is 1.46 bits per heavy atom. The van der Waals surface area contributed by atoms with Crippen molar-refractivity contribution < 1.29 is 9.90 Å². The third-order valence-corrected chi connectivity index (χ3v) is 2.10. The molecule has 0 aliphatic carbocycles. The molecule has 1 aromatic rings. The fourth-order valence-corrected chi connectivity index (χ4v) is 1.39. The van der Waals surface area contributed by atoms with Crippen LogP contribution in [0.5, 0.6) is 0 Å². The molecular weight excluding hydrogens is 166 g/mol. The Morgan fingerprint density at radius 2 is 2.15 bits per heavy atom.